The topological polar surface area (TPSA) is 61.4 Å². The largest absolute Gasteiger partial charge is 0.353 e. The minimum absolute atomic E-state index is 0.116. The zero-order valence-corrected chi connectivity index (χ0v) is 15.4. The van der Waals surface area contributed by atoms with E-state index in [0.29, 0.717) is 25.2 Å². The van der Waals surface area contributed by atoms with Crippen molar-refractivity contribution in [3.63, 3.8) is 0 Å². The van der Waals surface area contributed by atoms with Gasteiger partial charge in [0.15, 0.2) is 0 Å². The van der Waals surface area contributed by atoms with Crippen molar-refractivity contribution in [2.24, 2.45) is 0 Å². The number of anilines is 1. The first-order valence-corrected chi connectivity index (χ1v) is 9.58. The monoisotopic (exact) mass is 357 g/mol. The Morgan fingerprint density at radius 1 is 1.32 bits per heavy atom. The summed E-state index contributed by atoms with van der Waals surface area (Å²) in [5, 5.41) is 5.06. The second-order valence-corrected chi connectivity index (χ2v) is 7.92. The molecule has 3 aliphatic heterocycles. The highest BCUT2D eigenvalue weighted by molar-refractivity contribution is 7.09. The van der Waals surface area contributed by atoms with Gasteiger partial charge < -0.3 is 10.2 Å². The minimum atomic E-state index is 0.116. The minimum Gasteiger partial charge on any atom is -0.353 e. The lowest BCUT2D eigenvalue weighted by atomic mass is 9.87. The Morgan fingerprint density at radius 2 is 2.12 bits per heavy atom. The molecule has 3 aliphatic rings. The quantitative estimate of drug-likeness (QED) is 0.883. The summed E-state index contributed by atoms with van der Waals surface area (Å²) in [4.78, 5) is 27.0. The van der Waals surface area contributed by atoms with Crippen LogP contribution in [-0.2, 0) is 11.3 Å². The number of fused-ring (bicyclic) bond motifs is 2. The van der Waals surface area contributed by atoms with Gasteiger partial charge in [-0.25, -0.2) is 9.97 Å². The third-order valence-corrected chi connectivity index (χ3v) is 5.86. The van der Waals surface area contributed by atoms with E-state index in [1.807, 2.05) is 31.4 Å². The predicted molar refractivity (Wildman–Crippen MR) is 98.8 cm³/mol. The molecule has 3 fully saturated rings. The van der Waals surface area contributed by atoms with E-state index >= 15 is 0 Å². The Kier molecular flexibility index (Phi) is 4.43. The molecule has 1 amide bonds. The Balaban J connectivity index is 1.31. The van der Waals surface area contributed by atoms with Gasteiger partial charge in [-0.05, 0) is 31.7 Å². The van der Waals surface area contributed by atoms with E-state index in [0.717, 1.165) is 30.4 Å². The molecule has 0 radical (unpaired) electrons. The van der Waals surface area contributed by atoms with Crippen molar-refractivity contribution in [3.05, 3.63) is 40.0 Å². The number of carbonyl (C=O) groups excluding carboxylic acids is 1. The molecule has 2 unspecified atom stereocenters. The summed E-state index contributed by atoms with van der Waals surface area (Å²) in [6.45, 7) is 6.94. The lowest BCUT2D eigenvalue weighted by Gasteiger charge is -2.56. The number of rotatable bonds is 5. The first kappa shape index (κ1) is 16.5. The molecule has 5 heterocycles. The smallest absolute Gasteiger partial charge is 0.234 e. The number of thiophene rings is 1. The molecule has 2 aromatic heterocycles. The van der Waals surface area contributed by atoms with E-state index in [2.05, 4.69) is 31.2 Å². The summed E-state index contributed by atoms with van der Waals surface area (Å²) >= 11 is 1.67. The van der Waals surface area contributed by atoms with Crippen molar-refractivity contribution >= 4 is 23.1 Å². The van der Waals surface area contributed by atoms with Crippen LogP contribution in [-0.4, -0.2) is 52.5 Å². The molecule has 6 nitrogen and oxygen atoms in total. The first-order valence-electron chi connectivity index (χ1n) is 8.70. The fourth-order valence-corrected chi connectivity index (χ4v) is 4.46. The van der Waals surface area contributed by atoms with Gasteiger partial charge in [0.2, 0.25) is 5.91 Å². The van der Waals surface area contributed by atoms with Crippen molar-refractivity contribution in [2.75, 3.05) is 24.5 Å². The van der Waals surface area contributed by atoms with E-state index in [9.17, 15) is 4.79 Å². The molecule has 5 rings (SSSR count). The molecule has 1 N–H and O–H groups in total. The van der Waals surface area contributed by atoms with Crippen LogP contribution < -0.4 is 10.2 Å². The number of hydrogen-bond donors (Lipinski definition) is 1. The van der Waals surface area contributed by atoms with Gasteiger partial charge in [0.1, 0.15) is 11.6 Å². The molecule has 3 saturated heterocycles. The Hall–Kier alpha value is -1.99. The van der Waals surface area contributed by atoms with Crippen molar-refractivity contribution in [1.82, 2.24) is 20.2 Å². The summed E-state index contributed by atoms with van der Waals surface area (Å²) in [6, 6.07) is 7.00. The number of carbonyl (C=O) groups is 1. The van der Waals surface area contributed by atoms with Crippen molar-refractivity contribution < 1.29 is 4.79 Å². The Labute approximate surface area is 151 Å². The second kappa shape index (κ2) is 6.72. The SMILES string of the molecule is Cc1cc(N2CC3CC(C2)N3CC(=O)NCc2cccs2)nc(C)n1. The van der Waals surface area contributed by atoms with Crippen molar-refractivity contribution in [1.29, 1.82) is 0 Å². The maximum Gasteiger partial charge on any atom is 0.234 e. The van der Waals surface area contributed by atoms with Gasteiger partial charge in [-0.3, -0.25) is 9.69 Å². The number of nitrogens with one attached hydrogen (secondary N) is 1. The third-order valence-electron chi connectivity index (χ3n) is 4.99. The van der Waals surface area contributed by atoms with Crippen LogP contribution in [0, 0.1) is 13.8 Å². The number of nitrogens with zero attached hydrogens (tertiary/aromatic N) is 4. The highest BCUT2D eigenvalue weighted by Gasteiger charge is 2.45. The van der Waals surface area contributed by atoms with Gasteiger partial charge in [0, 0.05) is 41.8 Å². The number of piperidine rings is 1. The zero-order valence-electron chi connectivity index (χ0n) is 14.6. The highest BCUT2D eigenvalue weighted by atomic mass is 32.1. The zero-order chi connectivity index (χ0) is 17.4. The third kappa shape index (κ3) is 3.52. The molecule has 0 saturated carbocycles. The van der Waals surface area contributed by atoms with Crippen molar-refractivity contribution in [2.45, 2.75) is 38.9 Å². The average molecular weight is 357 g/mol. The number of amides is 1. The van der Waals surface area contributed by atoms with Crippen LogP contribution >= 0.6 is 11.3 Å². The number of hydrogen-bond acceptors (Lipinski definition) is 6. The van der Waals surface area contributed by atoms with Crippen LogP contribution in [0.4, 0.5) is 5.82 Å². The van der Waals surface area contributed by atoms with E-state index in [4.69, 9.17) is 0 Å². The van der Waals surface area contributed by atoms with Gasteiger partial charge >= 0.3 is 0 Å². The summed E-state index contributed by atoms with van der Waals surface area (Å²) in [6.07, 6.45) is 1.18. The fraction of sp³-hybridized carbons (Fsp3) is 0.500. The number of aromatic nitrogens is 2. The average Bonchev–Trinajstić information content (AvgIpc) is 3.10. The molecule has 0 aromatic carbocycles. The highest BCUT2D eigenvalue weighted by Crippen LogP contribution is 2.33. The predicted octanol–water partition coefficient (Wildman–Crippen LogP) is 1.73. The molecule has 2 bridgehead atoms. The normalized spacial score (nSPS) is 22.6. The van der Waals surface area contributed by atoms with Crippen LogP contribution in [0.15, 0.2) is 23.6 Å². The number of piperazine rings is 1. The van der Waals surface area contributed by atoms with Crippen LogP contribution in [0.25, 0.3) is 0 Å². The van der Waals surface area contributed by atoms with E-state index in [-0.39, 0.29) is 5.91 Å². The van der Waals surface area contributed by atoms with Crippen LogP contribution in [0.3, 0.4) is 0 Å². The lowest BCUT2D eigenvalue weighted by molar-refractivity contribution is -0.127. The van der Waals surface area contributed by atoms with Gasteiger partial charge in [-0.2, -0.15) is 0 Å². The van der Waals surface area contributed by atoms with Gasteiger partial charge in [0.05, 0.1) is 13.1 Å². The first-order chi connectivity index (χ1) is 12.1. The molecule has 0 spiro atoms. The molecule has 7 heteroatoms. The van der Waals surface area contributed by atoms with Crippen LogP contribution in [0.5, 0.6) is 0 Å². The molecule has 132 valence electrons. The van der Waals surface area contributed by atoms with Crippen molar-refractivity contribution in [3.8, 4) is 0 Å². The van der Waals surface area contributed by atoms with Crippen LogP contribution in [0.2, 0.25) is 0 Å². The molecule has 2 atom stereocenters. The Bertz CT molecular complexity index is 731. The van der Waals surface area contributed by atoms with E-state index in [1.54, 1.807) is 11.3 Å². The molecular weight excluding hydrogens is 334 g/mol. The molecule has 0 aliphatic carbocycles. The molecule has 2 aromatic rings. The van der Waals surface area contributed by atoms with E-state index in [1.165, 1.54) is 11.3 Å². The number of aryl methyl sites for hydroxylation is 2. The molecule has 25 heavy (non-hydrogen) atoms. The summed E-state index contributed by atoms with van der Waals surface area (Å²) in [7, 11) is 0. The van der Waals surface area contributed by atoms with Crippen LogP contribution in [0.1, 0.15) is 22.8 Å². The second-order valence-electron chi connectivity index (χ2n) is 6.89. The van der Waals surface area contributed by atoms with E-state index < -0.39 is 0 Å². The molecular formula is C18H23N5OS. The van der Waals surface area contributed by atoms with Gasteiger partial charge in [-0.15, -0.1) is 11.3 Å². The fourth-order valence-electron chi connectivity index (χ4n) is 3.81. The maximum atomic E-state index is 12.2. The maximum absolute atomic E-state index is 12.2. The standard InChI is InChI=1S/C18H23N5OS/c1-12-6-17(21-13(2)20-12)22-9-14-7-15(10-22)23(14)11-18(24)19-8-16-4-3-5-25-16/h3-6,14-15H,7-11H2,1-2H3,(H,19,24). The summed E-state index contributed by atoms with van der Waals surface area (Å²) in [5.41, 5.74) is 1.01. The summed E-state index contributed by atoms with van der Waals surface area (Å²) < 4.78 is 0. The van der Waals surface area contributed by atoms with Gasteiger partial charge in [0.25, 0.3) is 0 Å². The Morgan fingerprint density at radius 3 is 2.80 bits per heavy atom. The summed E-state index contributed by atoms with van der Waals surface area (Å²) in [5.74, 6) is 1.95. The van der Waals surface area contributed by atoms with Gasteiger partial charge in [-0.1, -0.05) is 6.07 Å². The lowest BCUT2D eigenvalue weighted by Crippen LogP contribution is -2.70.